The van der Waals surface area contributed by atoms with E-state index in [1.165, 1.54) is 18.4 Å². The summed E-state index contributed by atoms with van der Waals surface area (Å²) in [5.74, 6) is 0.302. The summed E-state index contributed by atoms with van der Waals surface area (Å²) < 4.78 is 15.2. The number of carbonyl (C=O) groups excluding carboxylic acids is 1. The standard InChI is InChI=1S/C30H23ClI2N2O4S/c1-3-23-25(29(37)38-2)26(19-7-5-4-6-8-19)35-28(36)24(40-30(35)34-23)15-18-13-21(32)27(22(33)14-18)39-16-17-9-11-20(31)12-10-17/h4-15,26H,3,16H2,1-2H3/b24-15-/t26-/m0/s1. The van der Waals surface area contributed by atoms with Crippen molar-refractivity contribution in [3.63, 3.8) is 0 Å². The number of methoxy groups -OCH3 is 1. The number of halogens is 3. The predicted octanol–water partition coefficient (Wildman–Crippen LogP) is 6.24. The van der Waals surface area contributed by atoms with Gasteiger partial charge in [0.25, 0.3) is 5.56 Å². The van der Waals surface area contributed by atoms with Crippen LogP contribution in [0, 0.1) is 7.14 Å². The lowest BCUT2D eigenvalue weighted by Gasteiger charge is -2.25. The second-order valence-corrected chi connectivity index (χ2v) is 12.7. The van der Waals surface area contributed by atoms with Crippen LogP contribution in [0.4, 0.5) is 0 Å². The third-order valence-electron chi connectivity index (χ3n) is 6.38. The molecule has 1 aromatic heterocycles. The van der Waals surface area contributed by atoms with Crippen molar-refractivity contribution in [1.82, 2.24) is 4.57 Å². The highest BCUT2D eigenvalue weighted by Crippen LogP contribution is 2.32. The first kappa shape index (κ1) is 29.0. The number of ether oxygens (including phenoxy) is 2. The minimum atomic E-state index is -0.620. The summed E-state index contributed by atoms with van der Waals surface area (Å²) in [7, 11) is 1.35. The average molecular weight is 797 g/mol. The number of aromatic nitrogens is 1. The molecule has 40 heavy (non-hydrogen) atoms. The monoisotopic (exact) mass is 796 g/mol. The molecule has 0 N–H and O–H groups in total. The summed E-state index contributed by atoms with van der Waals surface area (Å²) in [5, 5.41) is 0.685. The molecule has 1 aliphatic heterocycles. The number of nitrogens with zero attached hydrogens (tertiary/aromatic N) is 2. The normalized spacial score (nSPS) is 15.0. The molecule has 0 spiro atoms. The minimum absolute atomic E-state index is 0.206. The summed E-state index contributed by atoms with van der Waals surface area (Å²) in [6.07, 6.45) is 2.40. The smallest absolute Gasteiger partial charge is 0.338 e. The Morgan fingerprint density at radius 3 is 2.40 bits per heavy atom. The Morgan fingerprint density at radius 1 is 1.10 bits per heavy atom. The van der Waals surface area contributed by atoms with Crippen LogP contribution >= 0.6 is 68.1 Å². The maximum Gasteiger partial charge on any atom is 0.338 e. The van der Waals surface area contributed by atoms with Crippen molar-refractivity contribution in [3.05, 3.63) is 127 Å². The fourth-order valence-corrected chi connectivity index (χ4v) is 7.78. The molecule has 0 unspecified atom stereocenters. The number of carbonyl (C=O) groups is 1. The third kappa shape index (κ3) is 5.93. The van der Waals surface area contributed by atoms with Crippen LogP contribution < -0.4 is 19.6 Å². The Morgan fingerprint density at radius 2 is 1.77 bits per heavy atom. The second kappa shape index (κ2) is 12.6. The van der Waals surface area contributed by atoms with Crippen LogP contribution in [0.25, 0.3) is 6.08 Å². The number of thiazole rings is 1. The SMILES string of the molecule is CCC1=C(C(=O)OC)[C@H](c2ccccc2)n2c(s/c(=C\c3cc(I)c(OCc4ccc(Cl)cc4)c(I)c3)c2=O)=N1. The van der Waals surface area contributed by atoms with E-state index in [9.17, 15) is 9.59 Å². The molecule has 0 saturated heterocycles. The molecule has 10 heteroatoms. The van der Waals surface area contributed by atoms with Gasteiger partial charge in [-0.3, -0.25) is 9.36 Å². The van der Waals surface area contributed by atoms with Crippen molar-refractivity contribution in [3.8, 4) is 5.75 Å². The van der Waals surface area contributed by atoms with Gasteiger partial charge in [0.05, 0.1) is 36.1 Å². The van der Waals surface area contributed by atoms with Crippen molar-refractivity contribution < 1.29 is 14.3 Å². The predicted molar refractivity (Wildman–Crippen MR) is 175 cm³/mol. The van der Waals surface area contributed by atoms with Crippen LogP contribution in [-0.2, 0) is 16.1 Å². The van der Waals surface area contributed by atoms with E-state index in [0.29, 0.717) is 38.7 Å². The highest BCUT2D eigenvalue weighted by atomic mass is 127. The maximum atomic E-state index is 13.8. The van der Waals surface area contributed by atoms with Gasteiger partial charge in [-0.2, -0.15) is 0 Å². The van der Waals surface area contributed by atoms with Crippen molar-refractivity contribution >= 4 is 80.2 Å². The van der Waals surface area contributed by atoms with Gasteiger partial charge in [0, 0.05) is 5.02 Å². The van der Waals surface area contributed by atoms with Crippen LogP contribution in [0.15, 0.2) is 87.8 Å². The summed E-state index contributed by atoms with van der Waals surface area (Å²) in [6.45, 7) is 2.36. The molecule has 0 saturated carbocycles. The topological polar surface area (TPSA) is 69.9 Å². The quantitative estimate of drug-likeness (QED) is 0.164. The van der Waals surface area contributed by atoms with E-state index < -0.39 is 12.0 Å². The molecule has 2 heterocycles. The van der Waals surface area contributed by atoms with Gasteiger partial charge in [-0.25, -0.2) is 9.79 Å². The molecule has 4 aromatic rings. The zero-order valence-corrected chi connectivity index (χ0v) is 27.4. The van der Waals surface area contributed by atoms with E-state index in [-0.39, 0.29) is 5.56 Å². The van der Waals surface area contributed by atoms with Crippen molar-refractivity contribution in [1.29, 1.82) is 0 Å². The molecule has 3 aromatic carbocycles. The summed E-state index contributed by atoms with van der Waals surface area (Å²) in [4.78, 5) is 32.1. The first-order valence-electron chi connectivity index (χ1n) is 12.3. The number of fused-ring (bicyclic) bond motifs is 1. The van der Waals surface area contributed by atoms with E-state index in [0.717, 1.165) is 29.6 Å². The maximum absolute atomic E-state index is 13.8. The number of rotatable bonds is 7. The first-order valence-corrected chi connectivity index (χ1v) is 15.7. The molecule has 5 rings (SSSR count). The van der Waals surface area contributed by atoms with E-state index in [1.54, 1.807) is 4.57 Å². The van der Waals surface area contributed by atoms with E-state index in [4.69, 9.17) is 26.1 Å². The molecule has 1 aliphatic rings. The van der Waals surface area contributed by atoms with Crippen molar-refractivity contribution in [2.24, 2.45) is 4.99 Å². The third-order valence-corrected chi connectivity index (χ3v) is 9.22. The zero-order valence-electron chi connectivity index (χ0n) is 21.5. The number of hydrogen-bond donors (Lipinski definition) is 0. The lowest BCUT2D eigenvalue weighted by atomic mass is 9.95. The van der Waals surface area contributed by atoms with Gasteiger partial charge in [-0.05, 0) is 98.6 Å². The highest BCUT2D eigenvalue weighted by Gasteiger charge is 2.33. The summed E-state index contributed by atoms with van der Waals surface area (Å²) in [5.41, 5.74) is 3.52. The molecule has 6 nitrogen and oxygen atoms in total. The van der Waals surface area contributed by atoms with E-state index >= 15 is 0 Å². The number of benzene rings is 3. The number of hydrogen-bond acceptors (Lipinski definition) is 6. The average Bonchev–Trinajstić information content (AvgIpc) is 3.26. The minimum Gasteiger partial charge on any atom is -0.487 e. The number of allylic oxidation sites excluding steroid dienone is 1. The van der Waals surface area contributed by atoms with Gasteiger partial charge in [0.2, 0.25) is 0 Å². The molecule has 1 atom stereocenters. The Hall–Kier alpha value is -2.48. The molecular weight excluding hydrogens is 774 g/mol. The molecule has 0 radical (unpaired) electrons. The zero-order chi connectivity index (χ0) is 28.4. The summed E-state index contributed by atoms with van der Waals surface area (Å²) >= 11 is 11.8. The summed E-state index contributed by atoms with van der Waals surface area (Å²) in [6, 6.07) is 20.4. The largest absolute Gasteiger partial charge is 0.487 e. The van der Waals surface area contributed by atoms with Crippen molar-refractivity contribution in [2.45, 2.75) is 26.0 Å². The Labute approximate surface area is 267 Å². The fraction of sp³-hybridized carbons (Fsp3) is 0.167. The Kier molecular flexibility index (Phi) is 9.13. The van der Waals surface area contributed by atoms with Crippen LogP contribution in [-0.4, -0.2) is 17.6 Å². The van der Waals surface area contributed by atoms with Gasteiger partial charge in [-0.1, -0.05) is 72.3 Å². The van der Waals surface area contributed by atoms with Crippen LogP contribution in [0.2, 0.25) is 5.02 Å². The molecule has 0 bridgehead atoms. The highest BCUT2D eigenvalue weighted by molar-refractivity contribution is 14.1. The lowest BCUT2D eigenvalue weighted by Crippen LogP contribution is -2.40. The van der Waals surface area contributed by atoms with E-state index in [1.807, 2.05) is 79.7 Å². The second-order valence-electron chi connectivity index (χ2n) is 8.93. The Balaban J connectivity index is 1.56. The first-order chi connectivity index (χ1) is 19.3. The molecule has 204 valence electrons. The van der Waals surface area contributed by atoms with Gasteiger partial charge < -0.3 is 9.47 Å². The van der Waals surface area contributed by atoms with Crippen molar-refractivity contribution in [2.75, 3.05) is 7.11 Å². The van der Waals surface area contributed by atoms with Gasteiger partial charge >= 0.3 is 5.97 Å². The number of esters is 1. The fourth-order valence-electron chi connectivity index (χ4n) is 4.50. The van der Waals surface area contributed by atoms with E-state index in [2.05, 4.69) is 45.2 Å². The van der Waals surface area contributed by atoms with Gasteiger partial charge in [0.15, 0.2) is 4.80 Å². The molecule has 0 aliphatic carbocycles. The van der Waals surface area contributed by atoms with Gasteiger partial charge in [-0.15, -0.1) is 0 Å². The van der Waals surface area contributed by atoms with Crippen LogP contribution in [0.5, 0.6) is 5.75 Å². The molecular formula is C30H23ClI2N2O4S. The molecule has 0 amide bonds. The van der Waals surface area contributed by atoms with Crippen LogP contribution in [0.3, 0.4) is 0 Å². The molecule has 0 fully saturated rings. The Bertz CT molecular complexity index is 1780. The lowest BCUT2D eigenvalue weighted by molar-refractivity contribution is -0.136. The van der Waals surface area contributed by atoms with Gasteiger partial charge in [0.1, 0.15) is 12.4 Å². The van der Waals surface area contributed by atoms with Crippen LogP contribution in [0.1, 0.15) is 36.1 Å².